The van der Waals surface area contributed by atoms with Crippen LogP contribution in [-0.2, 0) is 11.3 Å². The highest BCUT2D eigenvalue weighted by Crippen LogP contribution is 2.23. The maximum atomic E-state index is 6.10. The minimum Gasteiger partial charge on any atom is -0.379 e. The van der Waals surface area contributed by atoms with Crippen LogP contribution in [0.1, 0.15) is 12.5 Å². The molecule has 2 rings (SSSR count). The molecule has 0 aromatic heterocycles. The summed E-state index contributed by atoms with van der Waals surface area (Å²) >= 11 is 12.1. The summed E-state index contributed by atoms with van der Waals surface area (Å²) in [7, 11) is 3.82. The summed E-state index contributed by atoms with van der Waals surface area (Å²) in [6.45, 7) is 8.66. The second-order valence-corrected chi connectivity index (χ2v) is 7.37. The van der Waals surface area contributed by atoms with Crippen LogP contribution in [0.5, 0.6) is 0 Å². The van der Waals surface area contributed by atoms with Gasteiger partial charge in [-0.2, -0.15) is 0 Å². The van der Waals surface area contributed by atoms with Gasteiger partial charge < -0.3 is 15.0 Å². The van der Waals surface area contributed by atoms with E-state index in [4.69, 9.17) is 27.9 Å². The first-order valence-electron chi connectivity index (χ1n) is 8.65. The second-order valence-electron chi connectivity index (χ2n) is 6.55. The fraction of sp³-hybridized carbons (Fsp3) is 0.611. The first-order chi connectivity index (χ1) is 12.0. The number of hydrogen-bond acceptors (Lipinski definition) is 3. The van der Waals surface area contributed by atoms with Crippen molar-refractivity contribution in [3.05, 3.63) is 33.8 Å². The van der Waals surface area contributed by atoms with E-state index in [1.807, 2.05) is 25.2 Å². The maximum Gasteiger partial charge on any atom is 0.193 e. The molecule has 0 radical (unpaired) electrons. The monoisotopic (exact) mass is 514 g/mol. The number of guanidine groups is 1. The average molecular weight is 515 g/mol. The van der Waals surface area contributed by atoms with Gasteiger partial charge >= 0.3 is 0 Å². The fourth-order valence-corrected chi connectivity index (χ4v) is 3.25. The highest BCUT2D eigenvalue weighted by Gasteiger charge is 2.15. The number of morpholine rings is 1. The highest BCUT2D eigenvalue weighted by molar-refractivity contribution is 14.0. The average Bonchev–Trinajstić information content (AvgIpc) is 2.59. The van der Waals surface area contributed by atoms with Crippen molar-refractivity contribution in [2.75, 3.05) is 53.5 Å². The normalized spacial score (nSPS) is 16.7. The molecular formula is C18H29Cl2IN4O. The Morgan fingerprint density at radius 1 is 1.31 bits per heavy atom. The summed E-state index contributed by atoms with van der Waals surface area (Å²) in [5.74, 6) is 1.41. The Kier molecular flexibility index (Phi) is 11.2. The molecule has 1 N–H and O–H groups in total. The summed E-state index contributed by atoms with van der Waals surface area (Å²) in [5, 5.41) is 4.62. The van der Waals surface area contributed by atoms with Crippen molar-refractivity contribution in [1.82, 2.24) is 15.1 Å². The number of hydrogen-bond donors (Lipinski definition) is 1. The van der Waals surface area contributed by atoms with Crippen LogP contribution in [0, 0.1) is 5.92 Å². The third kappa shape index (κ3) is 7.76. The second kappa shape index (κ2) is 12.2. The summed E-state index contributed by atoms with van der Waals surface area (Å²) in [4.78, 5) is 8.92. The summed E-state index contributed by atoms with van der Waals surface area (Å²) in [5.41, 5.74) is 1.10. The minimum atomic E-state index is 0. The Bertz CT molecular complexity index is 582. The summed E-state index contributed by atoms with van der Waals surface area (Å²) in [6, 6.07) is 5.71. The van der Waals surface area contributed by atoms with E-state index in [1.54, 1.807) is 7.05 Å². The predicted octanol–water partition coefficient (Wildman–Crippen LogP) is 3.59. The molecule has 0 amide bonds. The highest BCUT2D eigenvalue weighted by atomic mass is 127. The first kappa shape index (κ1) is 23.8. The molecule has 0 saturated carbocycles. The lowest BCUT2D eigenvalue weighted by Gasteiger charge is -2.30. The molecule has 0 bridgehead atoms. The molecule has 26 heavy (non-hydrogen) atoms. The van der Waals surface area contributed by atoms with Gasteiger partial charge in [0.2, 0.25) is 0 Å². The van der Waals surface area contributed by atoms with E-state index in [9.17, 15) is 0 Å². The largest absolute Gasteiger partial charge is 0.379 e. The van der Waals surface area contributed by atoms with Gasteiger partial charge in [0.25, 0.3) is 0 Å². The van der Waals surface area contributed by atoms with E-state index < -0.39 is 0 Å². The van der Waals surface area contributed by atoms with Crippen LogP contribution < -0.4 is 5.32 Å². The maximum absolute atomic E-state index is 6.10. The molecule has 1 aliphatic rings. The Balaban J connectivity index is 0.00000338. The zero-order valence-electron chi connectivity index (χ0n) is 15.7. The van der Waals surface area contributed by atoms with E-state index >= 15 is 0 Å². The molecule has 1 aromatic rings. The number of ether oxygens (including phenoxy) is 1. The molecule has 5 nitrogen and oxygen atoms in total. The molecule has 1 aromatic carbocycles. The molecule has 1 fully saturated rings. The molecule has 0 spiro atoms. The summed E-state index contributed by atoms with van der Waals surface area (Å²) in [6.07, 6.45) is 0. The lowest BCUT2D eigenvalue weighted by molar-refractivity contribution is 0.0320. The standard InChI is InChI=1S/C18H28Cl2N4O.HI/c1-14(12-24-6-8-25-9-7-24)11-22-18(21-2)23(3)13-15-4-5-16(19)17(20)10-15;/h4-5,10,14H,6-9,11-13H2,1-3H3,(H,21,22);1H. The first-order valence-corrected chi connectivity index (χ1v) is 9.41. The summed E-state index contributed by atoms with van der Waals surface area (Å²) < 4.78 is 5.40. The number of rotatable bonds is 6. The molecule has 1 atom stereocenters. The van der Waals surface area contributed by atoms with Crippen LogP contribution in [0.4, 0.5) is 0 Å². The number of nitrogens with zero attached hydrogens (tertiary/aromatic N) is 3. The van der Waals surface area contributed by atoms with Crippen molar-refractivity contribution < 1.29 is 4.74 Å². The van der Waals surface area contributed by atoms with Gasteiger partial charge in [0.15, 0.2) is 5.96 Å². The van der Waals surface area contributed by atoms with E-state index in [1.165, 1.54) is 0 Å². The van der Waals surface area contributed by atoms with Crippen molar-refractivity contribution in [3.8, 4) is 0 Å². The SMILES string of the molecule is CN=C(NCC(C)CN1CCOCC1)N(C)Cc1ccc(Cl)c(Cl)c1.I. The van der Waals surface area contributed by atoms with Crippen LogP contribution in [0.25, 0.3) is 0 Å². The van der Waals surface area contributed by atoms with Gasteiger partial charge in [0.1, 0.15) is 0 Å². The number of benzene rings is 1. The third-order valence-corrected chi connectivity index (χ3v) is 5.00. The Labute approximate surface area is 184 Å². The van der Waals surface area contributed by atoms with Gasteiger partial charge in [0, 0.05) is 46.8 Å². The number of halogens is 3. The van der Waals surface area contributed by atoms with Gasteiger partial charge in [-0.25, -0.2) is 0 Å². The molecule has 148 valence electrons. The molecule has 1 unspecified atom stereocenters. The van der Waals surface area contributed by atoms with Crippen LogP contribution >= 0.6 is 47.2 Å². The molecule has 1 saturated heterocycles. The van der Waals surface area contributed by atoms with Crippen LogP contribution in [-0.4, -0.2) is 69.2 Å². The van der Waals surface area contributed by atoms with E-state index in [0.29, 0.717) is 22.5 Å². The van der Waals surface area contributed by atoms with Crippen LogP contribution in [0.2, 0.25) is 10.0 Å². The van der Waals surface area contributed by atoms with Crippen LogP contribution in [0.3, 0.4) is 0 Å². The predicted molar refractivity (Wildman–Crippen MR) is 121 cm³/mol. The molecule has 1 heterocycles. The zero-order valence-corrected chi connectivity index (χ0v) is 19.5. The van der Waals surface area contributed by atoms with Crippen molar-refractivity contribution in [2.24, 2.45) is 10.9 Å². The van der Waals surface area contributed by atoms with Crippen molar-refractivity contribution in [1.29, 1.82) is 0 Å². The quantitative estimate of drug-likeness (QED) is 0.358. The molecule has 8 heteroatoms. The third-order valence-electron chi connectivity index (χ3n) is 4.26. The lowest BCUT2D eigenvalue weighted by Crippen LogP contribution is -2.44. The fourth-order valence-electron chi connectivity index (χ4n) is 2.93. The smallest absolute Gasteiger partial charge is 0.193 e. The molecule has 1 aliphatic heterocycles. The number of nitrogens with one attached hydrogen (secondary N) is 1. The van der Waals surface area contributed by atoms with Crippen molar-refractivity contribution in [2.45, 2.75) is 13.5 Å². The van der Waals surface area contributed by atoms with Crippen molar-refractivity contribution >= 4 is 53.1 Å². The van der Waals surface area contributed by atoms with Gasteiger partial charge in [-0.1, -0.05) is 36.2 Å². The van der Waals surface area contributed by atoms with Gasteiger partial charge in [-0.3, -0.25) is 9.89 Å². The number of aliphatic imine (C=N–C) groups is 1. The lowest BCUT2D eigenvalue weighted by atomic mass is 10.1. The van der Waals surface area contributed by atoms with E-state index in [0.717, 1.165) is 50.9 Å². The van der Waals surface area contributed by atoms with Crippen molar-refractivity contribution in [3.63, 3.8) is 0 Å². The van der Waals surface area contributed by atoms with Gasteiger partial charge in [0.05, 0.1) is 23.3 Å². The molecular weight excluding hydrogens is 486 g/mol. The Morgan fingerprint density at radius 2 is 2.00 bits per heavy atom. The van der Waals surface area contributed by atoms with E-state index in [-0.39, 0.29) is 24.0 Å². The molecule has 0 aliphatic carbocycles. The zero-order chi connectivity index (χ0) is 18.2. The van der Waals surface area contributed by atoms with Crippen LogP contribution in [0.15, 0.2) is 23.2 Å². The Morgan fingerprint density at radius 3 is 2.62 bits per heavy atom. The minimum absolute atomic E-state index is 0. The van der Waals surface area contributed by atoms with Gasteiger partial charge in [-0.15, -0.1) is 24.0 Å². The topological polar surface area (TPSA) is 40.1 Å². The Hall–Kier alpha value is -0.280. The van der Waals surface area contributed by atoms with Gasteiger partial charge in [-0.05, 0) is 23.6 Å². The van der Waals surface area contributed by atoms with E-state index in [2.05, 4.69) is 27.0 Å².